The number of phenols is 1. The standard InChI is InChI=1S/C29H26N2O4/c1-18-8-10-20(11-9-18)29(33)31-25(21-13-15-26(34-2)27(16-21)35-3)17-24(30-31)23-14-12-19-6-4-5-7-22(19)28(23)32/h4-16,25,32H,17H2,1-3H3/t25-/m0/s1. The van der Waals surface area contributed by atoms with Crippen molar-refractivity contribution in [3.63, 3.8) is 0 Å². The predicted octanol–water partition coefficient (Wildman–Crippen LogP) is 5.86. The van der Waals surface area contributed by atoms with E-state index in [0.717, 1.165) is 21.9 Å². The van der Waals surface area contributed by atoms with Crippen LogP contribution in [0.25, 0.3) is 10.8 Å². The lowest BCUT2D eigenvalue weighted by molar-refractivity contribution is 0.0711. The summed E-state index contributed by atoms with van der Waals surface area (Å²) >= 11 is 0. The lowest BCUT2D eigenvalue weighted by atomic mass is 9.95. The van der Waals surface area contributed by atoms with Crippen molar-refractivity contribution in [2.24, 2.45) is 5.10 Å². The first kappa shape index (κ1) is 22.5. The van der Waals surface area contributed by atoms with E-state index >= 15 is 0 Å². The highest BCUT2D eigenvalue weighted by molar-refractivity contribution is 6.10. The van der Waals surface area contributed by atoms with Gasteiger partial charge in [-0.3, -0.25) is 4.79 Å². The van der Waals surface area contributed by atoms with Gasteiger partial charge >= 0.3 is 0 Å². The number of hydrogen-bond donors (Lipinski definition) is 1. The van der Waals surface area contributed by atoms with Gasteiger partial charge in [0, 0.05) is 22.9 Å². The van der Waals surface area contributed by atoms with Crippen molar-refractivity contribution in [1.82, 2.24) is 5.01 Å². The highest BCUT2D eigenvalue weighted by Crippen LogP contribution is 2.40. The molecule has 4 aromatic rings. The Morgan fingerprint density at radius 1 is 0.943 bits per heavy atom. The van der Waals surface area contributed by atoms with Crippen molar-refractivity contribution in [2.75, 3.05) is 14.2 Å². The summed E-state index contributed by atoms with van der Waals surface area (Å²) in [6.45, 7) is 1.98. The lowest BCUT2D eigenvalue weighted by Gasteiger charge is -2.23. The minimum atomic E-state index is -0.371. The largest absolute Gasteiger partial charge is 0.507 e. The summed E-state index contributed by atoms with van der Waals surface area (Å²) in [5, 5.41) is 19.0. The highest BCUT2D eigenvalue weighted by atomic mass is 16.5. The normalized spacial score (nSPS) is 15.2. The highest BCUT2D eigenvalue weighted by Gasteiger charge is 2.35. The van der Waals surface area contributed by atoms with Crippen molar-refractivity contribution >= 4 is 22.4 Å². The number of nitrogens with zero attached hydrogens (tertiary/aromatic N) is 2. The summed E-state index contributed by atoms with van der Waals surface area (Å²) < 4.78 is 10.9. The number of hydrazone groups is 1. The van der Waals surface area contributed by atoms with Gasteiger partial charge in [0.2, 0.25) is 0 Å². The Morgan fingerprint density at radius 2 is 1.69 bits per heavy atom. The minimum Gasteiger partial charge on any atom is -0.507 e. The predicted molar refractivity (Wildman–Crippen MR) is 136 cm³/mol. The molecule has 1 N–H and O–H groups in total. The number of carbonyl (C=O) groups is 1. The van der Waals surface area contributed by atoms with Gasteiger partial charge in [0.15, 0.2) is 11.5 Å². The molecule has 1 amide bonds. The quantitative estimate of drug-likeness (QED) is 0.400. The van der Waals surface area contributed by atoms with Crippen LogP contribution in [0.5, 0.6) is 17.2 Å². The smallest absolute Gasteiger partial charge is 0.274 e. The van der Waals surface area contributed by atoms with E-state index < -0.39 is 0 Å². The molecule has 0 saturated carbocycles. The van der Waals surface area contributed by atoms with Crippen molar-refractivity contribution in [3.8, 4) is 17.2 Å². The molecule has 4 aromatic carbocycles. The minimum absolute atomic E-state index is 0.164. The van der Waals surface area contributed by atoms with Gasteiger partial charge in [0.25, 0.3) is 5.91 Å². The average Bonchev–Trinajstić information content (AvgIpc) is 3.34. The van der Waals surface area contributed by atoms with Crippen LogP contribution in [0, 0.1) is 6.92 Å². The van der Waals surface area contributed by atoms with Crippen molar-refractivity contribution in [1.29, 1.82) is 0 Å². The zero-order chi connectivity index (χ0) is 24.5. The molecule has 1 heterocycles. The number of amides is 1. The van der Waals surface area contributed by atoms with Crippen LogP contribution in [-0.2, 0) is 0 Å². The molecule has 176 valence electrons. The van der Waals surface area contributed by atoms with Crippen LogP contribution >= 0.6 is 0 Å². The van der Waals surface area contributed by atoms with Crippen LogP contribution < -0.4 is 9.47 Å². The molecule has 6 heteroatoms. The van der Waals surface area contributed by atoms with Crippen LogP contribution in [0.15, 0.2) is 84.0 Å². The van der Waals surface area contributed by atoms with Gasteiger partial charge in [-0.15, -0.1) is 0 Å². The van der Waals surface area contributed by atoms with E-state index in [2.05, 4.69) is 0 Å². The van der Waals surface area contributed by atoms with Gasteiger partial charge in [-0.05, 0) is 48.2 Å². The van der Waals surface area contributed by atoms with Crippen LogP contribution in [0.1, 0.15) is 39.5 Å². The number of carbonyl (C=O) groups excluding carboxylic acids is 1. The zero-order valence-electron chi connectivity index (χ0n) is 19.9. The van der Waals surface area contributed by atoms with E-state index in [9.17, 15) is 9.90 Å². The first-order chi connectivity index (χ1) is 17.0. The van der Waals surface area contributed by atoms with E-state index in [1.807, 2.05) is 85.8 Å². The van der Waals surface area contributed by atoms with Crippen molar-refractivity contribution in [2.45, 2.75) is 19.4 Å². The molecule has 0 aromatic heterocycles. The lowest BCUT2D eigenvalue weighted by Crippen LogP contribution is -2.27. The van der Waals surface area contributed by atoms with Gasteiger partial charge in [0.05, 0.1) is 26.0 Å². The summed E-state index contributed by atoms with van der Waals surface area (Å²) in [6.07, 6.45) is 0.443. The molecule has 0 aliphatic carbocycles. The molecule has 1 aliphatic heterocycles. The first-order valence-electron chi connectivity index (χ1n) is 11.4. The molecule has 35 heavy (non-hydrogen) atoms. The molecule has 0 fully saturated rings. The molecule has 0 saturated heterocycles. The molecular weight excluding hydrogens is 440 g/mol. The van der Waals surface area contributed by atoms with E-state index in [-0.39, 0.29) is 17.7 Å². The summed E-state index contributed by atoms with van der Waals surface area (Å²) in [7, 11) is 3.17. The summed E-state index contributed by atoms with van der Waals surface area (Å²) in [6, 6.07) is 24.2. The van der Waals surface area contributed by atoms with Gasteiger partial charge in [-0.25, -0.2) is 5.01 Å². The van der Waals surface area contributed by atoms with Gasteiger partial charge in [-0.2, -0.15) is 5.10 Å². The Morgan fingerprint density at radius 3 is 2.43 bits per heavy atom. The third-order valence-corrected chi connectivity index (χ3v) is 6.42. The number of phenolic OH excluding ortho intramolecular Hbond substituents is 1. The summed E-state index contributed by atoms with van der Waals surface area (Å²) in [5.74, 6) is 1.14. The SMILES string of the molecule is COc1ccc([C@@H]2CC(c3ccc4ccccc4c3O)=NN2C(=O)c2ccc(C)cc2)cc1OC. The van der Waals surface area contributed by atoms with Crippen LogP contribution in [0.3, 0.4) is 0 Å². The third-order valence-electron chi connectivity index (χ3n) is 6.42. The number of aryl methyl sites for hydroxylation is 1. The van der Waals surface area contributed by atoms with Crippen LogP contribution in [-0.4, -0.2) is 36.0 Å². The second-order valence-electron chi connectivity index (χ2n) is 8.58. The Balaban J connectivity index is 1.60. The maximum Gasteiger partial charge on any atom is 0.274 e. The number of fused-ring (bicyclic) bond motifs is 1. The summed E-state index contributed by atoms with van der Waals surface area (Å²) in [4.78, 5) is 13.6. The Hall–Kier alpha value is -4.32. The first-order valence-corrected chi connectivity index (χ1v) is 11.4. The molecule has 1 aliphatic rings. The fourth-order valence-corrected chi connectivity index (χ4v) is 4.50. The molecule has 1 atom stereocenters. The number of benzene rings is 4. The topological polar surface area (TPSA) is 71.4 Å². The van der Waals surface area contributed by atoms with E-state index in [0.29, 0.717) is 34.8 Å². The number of hydrogen-bond acceptors (Lipinski definition) is 5. The monoisotopic (exact) mass is 466 g/mol. The molecular formula is C29H26N2O4. The average molecular weight is 467 g/mol. The molecule has 5 rings (SSSR count). The fourth-order valence-electron chi connectivity index (χ4n) is 4.50. The molecule has 6 nitrogen and oxygen atoms in total. The van der Waals surface area contributed by atoms with Gasteiger partial charge in [-0.1, -0.05) is 54.1 Å². The second-order valence-corrected chi connectivity index (χ2v) is 8.58. The number of rotatable bonds is 5. The van der Waals surface area contributed by atoms with Crippen LogP contribution in [0.4, 0.5) is 0 Å². The second kappa shape index (κ2) is 9.14. The van der Waals surface area contributed by atoms with E-state index in [1.54, 1.807) is 14.2 Å². The van der Waals surface area contributed by atoms with Crippen molar-refractivity contribution < 1.29 is 19.4 Å². The summed E-state index contributed by atoms with van der Waals surface area (Å²) in [5.41, 5.74) is 3.75. The molecule has 0 bridgehead atoms. The Kier molecular flexibility index (Phi) is 5.87. The zero-order valence-corrected chi connectivity index (χ0v) is 19.9. The maximum atomic E-state index is 13.6. The number of aromatic hydroxyl groups is 1. The van der Waals surface area contributed by atoms with E-state index in [4.69, 9.17) is 14.6 Å². The molecule has 0 spiro atoms. The van der Waals surface area contributed by atoms with Crippen LogP contribution in [0.2, 0.25) is 0 Å². The Bertz CT molecular complexity index is 1440. The van der Waals surface area contributed by atoms with Gasteiger partial charge in [0.1, 0.15) is 5.75 Å². The van der Waals surface area contributed by atoms with Gasteiger partial charge < -0.3 is 14.6 Å². The van der Waals surface area contributed by atoms with Crippen molar-refractivity contribution in [3.05, 3.63) is 101 Å². The number of methoxy groups -OCH3 is 2. The van der Waals surface area contributed by atoms with E-state index in [1.165, 1.54) is 5.01 Å². The molecule has 0 radical (unpaired) electrons. The fraction of sp³-hybridized carbons (Fsp3) is 0.172. The maximum absolute atomic E-state index is 13.6. The third kappa shape index (κ3) is 4.08. The Labute approximate surface area is 204 Å². The molecule has 0 unspecified atom stereocenters. The number of ether oxygens (including phenoxy) is 2.